The quantitative estimate of drug-likeness (QED) is 0.503. The third-order valence-electron chi connectivity index (χ3n) is 3.75. The third kappa shape index (κ3) is 6.08. The molecule has 1 N–H and O–H groups in total. The van der Waals surface area contributed by atoms with E-state index in [4.69, 9.17) is 9.84 Å². The molecule has 0 bridgehead atoms. The number of carbonyl (C=O) groups excluding carboxylic acids is 1. The van der Waals surface area contributed by atoms with Crippen LogP contribution in [-0.2, 0) is 0 Å². The smallest absolute Gasteiger partial charge is 0.159 e. The molecule has 0 radical (unpaired) electrons. The number of rotatable bonds is 11. The second kappa shape index (κ2) is 10.5. The molecular weight excluding hydrogens is 304 g/mol. The van der Waals surface area contributed by atoms with Gasteiger partial charge in [0.05, 0.1) is 19.0 Å². The summed E-state index contributed by atoms with van der Waals surface area (Å²) in [6, 6.07) is 7.15. The molecule has 1 aromatic carbocycles. The van der Waals surface area contributed by atoms with Crippen molar-refractivity contribution in [1.82, 2.24) is 9.97 Å². The Hall–Kier alpha value is -2.27. The average molecular weight is 328 g/mol. The van der Waals surface area contributed by atoms with Gasteiger partial charge in [-0.2, -0.15) is 0 Å². The first-order valence-electron chi connectivity index (χ1n) is 8.45. The zero-order chi connectivity index (χ0) is 17.0. The molecule has 2 aromatic rings. The first kappa shape index (κ1) is 18.1. The van der Waals surface area contributed by atoms with Crippen molar-refractivity contribution in [3.05, 3.63) is 42.2 Å². The minimum atomic E-state index is 0.292. The number of aromatic nitrogens is 2. The maximum absolute atomic E-state index is 10.7. The van der Waals surface area contributed by atoms with Crippen LogP contribution in [0.1, 0.15) is 48.9 Å². The van der Waals surface area contributed by atoms with Crippen LogP contribution in [0.3, 0.4) is 0 Å². The highest BCUT2D eigenvalue weighted by Crippen LogP contribution is 2.17. The lowest BCUT2D eigenvalue weighted by Crippen LogP contribution is -1.99. The summed E-state index contributed by atoms with van der Waals surface area (Å²) >= 11 is 0. The van der Waals surface area contributed by atoms with Crippen LogP contribution in [0, 0.1) is 0 Å². The SMILES string of the molecule is O=Cc1ccc(-c2ncc(OCCCCCCCCO)cn2)cc1. The highest BCUT2D eigenvalue weighted by Gasteiger charge is 2.02. The minimum Gasteiger partial charge on any atom is -0.490 e. The fraction of sp³-hybridized carbons (Fsp3) is 0.421. The Morgan fingerprint density at radius 2 is 1.54 bits per heavy atom. The van der Waals surface area contributed by atoms with Gasteiger partial charge in [0.1, 0.15) is 6.29 Å². The predicted octanol–water partition coefficient (Wildman–Crippen LogP) is 3.67. The van der Waals surface area contributed by atoms with Gasteiger partial charge >= 0.3 is 0 Å². The molecule has 0 saturated carbocycles. The molecule has 2 rings (SSSR count). The van der Waals surface area contributed by atoms with Gasteiger partial charge in [-0.3, -0.25) is 4.79 Å². The normalized spacial score (nSPS) is 10.5. The van der Waals surface area contributed by atoms with E-state index < -0.39 is 0 Å². The molecule has 0 spiro atoms. The van der Waals surface area contributed by atoms with E-state index in [1.165, 1.54) is 12.8 Å². The van der Waals surface area contributed by atoms with E-state index in [0.717, 1.165) is 37.5 Å². The summed E-state index contributed by atoms with van der Waals surface area (Å²) in [6.45, 7) is 0.955. The highest BCUT2D eigenvalue weighted by atomic mass is 16.5. The molecule has 0 saturated heterocycles. The molecule has 128 valence electrons. The summed E-state index contributed by atoms with van der Waals surface area (Å²) in [5.74, 6) is 1.28. The second-order valence-electron chi connectivity index (χ2n) is 5.68. The number of nitrogens with zero attached hydrogens (tertiary/aromatic N) is 2. The van der Waals surface area contributed by atoms with Gasteiger partial charge in [0.15, 0.2) is 11.6 Å². The molecule has 0 unspecified atom stereocenters. The van der Waals surface area contributed by atoms with Crippen molar-refractivity contribution in [2.45, 2.75) is 38.5 Å². The van der Waals surface area contributed by atoms with Crippen molar-refractivity contribution in [1.29, 1.82) is 0 Å². The maximum atomic E-state index is 10.7. The van der Waals surface area contributed by atoms with Gasteiger partial charge in [-0.1, -0.05) is 49.9 Å². The van der Waals surface area contributed by atoms with Crippen molar-refractivity contribution in [2.24, 2.45) is 0 Å². The van der Waals surface area contributed by atoms with Crippen LogP contribution in [0.25, 0.3) is 11.4 Å². The lowest BCUT2D eigenvalue weighted by molar-refractivity contribution is 0.112. The largest absolute Gasteiger partial charge is 0.490 e. The predicted molar refractivity (Wildman–Crippen MR) is 93.1 cm³/mol. The van der Waals surface area contributed by atoms with Gasteiger partial charge in [0, 0.05) is 17.7 Å². The number of hydrogen-bond donors (Lipinski definition) is 1. The molecule has 0 aliphatic carbocycles. The number of aliphatic hydroxyl groups is 1. The molecule has 0 fully saturated rings. The molecule has 1 heterocycles. The Labute approximate surface area is 142 Å². The minimum absolute atomic E-state index is 0.292. The summed E-state index contributed by atoms with van der Waals surface area (Å²) in [6.07, 6.45) is 10.7. The van der Waals surface area contributed by atoms with Gasteiger partial charge in [0.2, 0.25) is 0 Å². The number of aldehydes is 1. The van der Waals surface area contributed by atoms with Crippen molar-refractivity contribution in [3.8, 4) is 17.1 Å². The number of carbonyl (C=O) groups is 1. The highest BCUT2D eigenvalue weighted by molar-refractivity contribution is 5.76. The first-order valence-corrected chi connectivity index (χ1v) is 8.45. The van der Waals surface area contributed by atoms with Gasteiger partial charge in [-0.05, 0) is 12.8 Å². The van der Waals surface area contributed by atoms with Gasteiger partial charge in [-0.15, -0.1) is 0 Å². The average Bonchev–Trinajstić information content (AvgIpc) is 2.64. The summed E-state index contributed by atoms with van der Waals surface area (Å²) in [4.78, 5) is 19.3. The number of aliphatic hydroxyl groups excluding tert-OH is 1. The van der Waals surface area contributed by atoms with Crippen LogP contribution < -0.4 is 4.74 Å². The zero-order valence-electron chi connectivity index (χ0n) is 13.9. The molecule has 0 amide bonds. The van der Waals surface area contributed by atoms with E-state index in [1.807, 2.05) is 12.1 Å². The summed E-state index contributed by atoms with van der Waals surface area (Å²) in [5.41, 5.74) is 1.50. The van der Waals surface area contributed by atoms with Crippen molar-refractivity contribution in [3.63, 3.8) is 0 Å². The van der Waals surface area contributed by atoms with E-state index >= 15 is 0 Å². The Kier molecular flexibility index (Phi) is 7.90. The van der Waals surface area contributed by atoms with Crippen LogP contribution >= 0.6 is 0 Å². The van der Waals surface area contributed by atoms with Crippen LogP contribution in [0.5, 0.6) is 5.75 Å². The molecule has 0 aliphatic rings. The van der Waals surface area contributed by atoms with E-state index in [1.54, 1.807) is 24.5 Å². The van der Waals surface area contributed by atoms with Crippen molar-refractivity contribution in [2.75, 3.05) is 13.2 Å². The topological polar surface area (TPSA) is 72.3 Å². The van der Waals surface area contributed by atoms with Crippen LogP contribution in [0.2, 0.25) is 0 Å². The standard InChI is InChI=1S/C19H24N2O3/c22-11-5-3-1-2-4-6-12-24-18-13-20-19(21-14-18)17-9-7-16(15-23)8-10-17/h7-10,13-15,22H,1-6,11-12H2. The van der Waals surface area contributed by atoms with Crippen molar-refractivity contribution >= 4 is 6.29 Å². The molecule has 5 heteroatoms. The monoisotopic (exact) mass is 328 g/mol. The van der Waals surface area contributed by atoms with Gasteiger partial charge in [0.25, 0.3) is 0 Å². The lowest BCUT2D eigenvalue weighted by Gasteiger charge is -2.06. The third-order valence-corrected chi connectivity index (χ3v) is 3.75. The van der Waals surface area contributed by atoms with E-state index in [9.17, 15) is 4.79 Å². The lowest BCUT2D eigenvalue weighted by atomic mass is 10.1. The van der Waals surface area contributed by atoms with Gasteiger partial charge in [-0.25, -0.2) is 9.97 Å². The molecular formula is C19H24N2O3. The second-order valence-corrected chi connectivity index (χ2v) is 5.68. The summed E-state index contributed by atoms with van der Waals surface area (Å²) in [7, 11) is 0. The number of benzene rings is 1. The zero-order valence-corrected chi connectivity index (χ0v) is 13.9. The van der Waals surface area contributed by atoms with Crippen LogP contribution in [0.4, 0.5) is 0 Å². The summed E-state index contributed by atoms with van der Waals surface area (Å²) < 4.78 is 5.65. The van der Waals surface area contributed by atoms with E-state index in [0.29, 0.717) is 30.4 Å². The summed E-state index contributed by atoms with van der Waals surface area (Å²) in [5, 5.41) is 8.70. The Morgan fingerprint density at radius 1 is 0.917 bits per heavy atom. The van der Waals surface area contributed by atoms with Crippen molar-refractivity contribution < 1.29 is 14.6 Å². The fourth-order valence-electron chi connectivity index (χ4n) is 2.36. The molecule has 24 heavy (non-hydrogen) atoms. The Balaban J connectivity index is 1.71. The molecule has 0 aliphatic heterocycles. The Morgan fingerprint density at radius 3 is 2.17 bits per heavy atom. The number of unbranched alkanes of at least 4 members (excludes halogenated alkanes) is 5. The molecule has 0 atom stereocenters. The van der Waals surface area contributed by atoms with E-state index in [2.05, 4.69) is 9.97 Å². The van der Waals surface area contributed by atoms with Crippen LogP contribution in [-0.4, -0.2) is 34.6 Å². The van der Waals surface area contributed by atoms with Gasteiger partial charge < -0.3 is 9.84 Å². The molecule has 1 aromatic heterocycles. The number of ether oxygens (including phenoxy) is 1. The molecule has 5 nitrogen and oxygen atoms in total. The number of hydrogen-bond acceptors (Lipinski definition) is 5. The van der Waals surface area contributed by atoms with Crippen LogP contribution in [0.15, 0.2) is 36.7 Å². The first-order chi connectivity index (χ1) is 11.8. The van der Waals surface area contributed by atoms with E-state index in [-0.39, 0.29) is 0 Å². The fourth-order valence-corrected chi connectivity index (χ4v) is 2.36. The Bertz CT molecular complexity index is 597. The maximum Gasteiger partial charge on any atom is 0.159 e.